The Balaban J connectivity index is 1.46. The van der Waals surface area contributed by atoms with Crippen molar-refractivity contribution in [1.29, 1.82) is 0 Å². The fourth-order valence-electron chi connectivity index (χ4n) is 4.05. The van der Waals surface area contributed by atoms with Crippen LogP contribution in [0.1, 0.15) is 12.0 Å². The third-order valence-electron chi connectivity index (χ3n) is 5.67. The second-order valence-electron chi connectivity index (χ2n) is 7.80. The van der Waals surface area contributed by atoms with E-state index in [1.807, 2.05) is 24.3 Å². The molecule has 4 rings (SSSR count). The van der Waals surface area contributed by atoms with Gasteiger partial charge < -0.3 is 28.4 Å². The number of carbonyl (C=O) groups excluding carboxylic acids is 1. The van der Waals surface area contributed by atoms with Crippen molar-refractivity contribution in [1.82, 2.24) is 4.90 Å². The van der Waals surface area contributed by atoms with Gasteiger partial charge in [-0.3, -0.25) is 9.69 Å². The molecule has 0 aromatic heterocycles. The van der Waals surface area contributed by atoms with E-state index >= 15 is 0 Å². The first kappa shape index (κ1) is 19.6. The van der Waals surface area contributed by atoms with E-state index in [1.54, 1.807) is 7.11 Å². The molecule has 3 saturated heterocycles. The van der Waals surface area contributed by atoms with Gasteiger partial charge in [-0.15, -0.1) is 0 Å². The quantitative estimate of drug-likeness (QED) is 0.706. The van der Waals surface area contributed by atoms with Crippen LogP contribution < -0.4 is 4.74 Å². The van der Waals surface area contributed by atoms with Crippen LogP contribution in [0.25, 0.3) is 0 Å². The van der Waals surface area contributed by atoms with Crippen molar-refractivity contribution in [3.63, 3.8) is 0 Å². The number of carbonyl (C=O) groups is 1. The maximum atomic E-state index is 12.4. The Morgan fingerprint density at radius 1 is 1.11 bits per heavy atom. The molecule has 3 aliphatic heterocycles. The summed E-state index contributed by atoms with van der Waals surface area (Å²) in [5.74, 6) is -0.289. The van der Waals surface area contributed by atoms with Gasteiger partial charge in [0.1, 0.15) is 18.6 Å². The fraction of sp³-hybridized carbons (Fsp3) is 0.650. The van der Waals surface area contributed by atoms with Gasteiger partial charge in [-0.1, -0.05) is 12.1 Å². The van der Waals surface area contributed by atoms with Crippen LogP contribution in [-0.2, 0) is 35.0 Å². The van der Waals surface area contributed by atoms with E-state index in [9.17, 15) is 4.79 Å². The maximum Gasteiger partial charge on any atom is 0.323 e. The third kappa shape index (κ3) is 3.88. The highest BCUT2D eigenvalue weighted by Crippen LogP contribution is 2.40. The second kappa shape index (κ2) is 7.96. The summed E-state index contributed by atoms with van der Waals surface area (Å²) < 4.78 is 33.5. The number of rotatable bonds is 4. The molecule has 8 nitrogen and oxygen atoms in total. The summed E-state index contributed by atoms with van der Waals surface area (Å²) in [6, 6.07) is 7.39. The molecule has 0 N–H and O–H groups in total. The molecule has 3 aliphatic rings. The van der Waals surface area contributed by atoms with Crippen molar-refractivity contribution in [2.75, 3.05) is 54.0 Å². The minimum Gasteiger partial charge on any atom is -0.497 e. The Bertz CT molecular complexity index is 676. The molecule has 1 aromatic rings. The highest BCUT2D eigenvalue weighted by atomic mass is 16.7. The first-order valence-electron chi connectivity index (χ1n) is 9.45. The Morgan fingerprint density at radius 2 is 1.79 bits per heavy atom. The molecular formula is C20H27NO7. The third-order valence-corrected chi connectivity index (χ3v) is 5.67. The van der Waals surface area contributed by atoms with Gasteiger partial charge in [0, 0.05) is 13.0 Å². The zero-order valence-electron chi connectivity index (χ0n) is 16.3. The topological polar surface area (TPSA) is 75.7 Å². The van der Waals surface area contributed by atoms with Crippen molar-refractivity contribution in [2.24, 2.45) is 5.41 Å². The minimum absolute atomic E-state index is 0.270. The molecule has 0 saturated carbocycles. The number of hydrogen-bond donors (Lipinski definition) is 0. The van der Waals surface area contributed by atoms with Gasteiger partial charge in [0.2, 0.25) is 0 Å². The molecule has 3 fully saturated rings. The predicted octanol–water partition coefficient (Wildman–Crippen LogP) is 1.18. The van der Waals surface area contributed by atoms with Crippen molar-refractivity contribution >= 4 is 5.97 Å². The smallest absolute Gasteiger partial charge is 0.323 e. The summed E-state index contributed by atoms with van der Waals surface area (Å²) >= 11 is 0. The molecule has 8 heteroatoms. The highest BCUT2D eigenvalue weighted by Gasteiger charge is 2.54. The van der Waals surface area contributed by atoms with Crippen molar-refractivity contribution in [3.05, 3.63) is 29.8 Å². The molecule has 0 amide bonds. The molecular weight excluding hydrogens is 366 g/mol. The number of benzene rings is 1. The van der Waals surface area contributed by atoms with Crippen LogP contribution in [0, 0.1) is 5.41 Å². The molecule has 154 valence electrons. The summed E-state index contributed by atoms with van der Waals surface area (Å²) in [7, 11) is 3.05. The molecule has 0 aliphatic carbocycles. The van der Waals surface area contributed by atoms with Gasteiger partial charge in [0.05, 0.1) is 52.6 Å². The average Bonchev–Trinajstić information content (AvgIpc) is 3.09. The van der Waals surface area contributed by atoms with Crippen molar-refractivity contribution in [3.8, 4) is 5.75 Å². The highest BCUT2D eigenvalue weighted by molar-refractivity contribution is 5.76. The Morgan fingerprint density at radius 3 is 2.39 bits per heavy atom. The summed E-state index contributed by atoms with van der Waals surface area (Å²) in [5.41, 5.74) is 0.807. The lowest BCUT2D eigenvalue weighted by Crippen LogP contribution is -2.55. The Labute approximate surface area is 164 Å². The standard InChI is InChI=1S/C20H27NO7/c1-23-16-5-3-15(4-6-16)8-21-9-20(7-17(21)18(22)24-2)27-12-19(13-28-20)10-25-14-26-11-19/h3-6,17H,7-14H2,1-2H3/t17-/m1/s1. The molecule has 1 atom stereocenters. The van der Waals surface area contributed by atoms with Gasteiger partial charge in [-0.25, -0.2) is 0 Å². The minimum atomic E-state index is -0.811. The van der Waals surface area contributed by atoms with Gasteiger partial charge >= 0.3 is 5.97 Å². The van der Waals surface area contributed by atoms with Gasteiger partial charge in [-0.05, 0) is 17.7 Å². The van der Waals surface area contributed by atoms with Crippen molar-refractivity contribution in [2.45, 2.75) is 24.8 Å². The second-order valence-corrected chi connectivity index (χ2v) is 7.80. The first-order chi connectivity index (χ1) is 13.6. The van der Waals surface area contributed by atoms with E-state index in [0.29, 0.717) is 52.7 Å². The first-order valence-corrected chi connectivity index (χ1v) is 9.45. The van der Waals surface area contributed by atoms with Crippen LogP contribution >= 0.6 is 0 Å². The maximum absolute atomic E-state index is 12.4. The summed E-state index contributed by atoms with van der Waals surface area (Å²) in [4.78, 5) is 14.5. The molecule has 1 aromatic carbocycles. The normalized spacial score (nSPS) is 26.4. The lowest BCUT2D eigenvalue weighted by Gasteiger charge is -2.45. The zero-order valence-corrected chi connectivity index (χ0v) is 16.3. The molecule has 0 bridgehead atoms. The van der Waals surface area contributed by atoms with E-state index in [4.69, 9.17) is 28.4 Å². The fourth-order valence-corrected chi connectivity index (χ4v) is 4.05. The number of esters is 1. The monoisotopic (exact) mass is 393 g/mol. The number of methoxy groups -OCH3 is 2. The Kier molecular flexibility index (Phi) is 5.57. The van der Waals surface area contributed by atoms with Crippen LogP contribution in [0.15, 0.2) is 24.3 Å². The van der Waals surface area contributed by atoms with E-state index in [2.05, 4.69) is 4.90 Å². The lowest BCUT2D eigenvalue weighted by molar-refractivity contribution is -0.325. The van der Waals surface area contributed by atoms with Crippen LogP contribution in [0.2, 0.25) is 0 Å². The predicted molar refractivity (Wildman–Crippen MR) is 97.7 cm³/mol. The van der Waals surface area contributed by atoms with Gasteiger partial charge in [0.25, 0.3) is 0 Å². The zero-order chi connectivity index (χ0) is 19.6. The number of nitrogens with zero attached hydrogens (tertiary/aromatic N) is 1. The van der Waals surface area contributed by atoms with Crippen LogP contribution in [0.4, 0.5) is 0 Å². The molecule has 0 unspecified atom stereocenters. The Hall–Kier alpha value is -1.71. The molecule has 28 heavy (non-hydrogen) atoms. The number of likely N-dealkylation sites (tertiary alicyclic amines) is 1. The number of ether oxygens (including phenoxy) is 6. The molecule has 0 radical (unpaired) electrons. The summed E-state index contributed by atoms with van der Waals surface area (Å²) in [6.45, 7) is 3.48. The largest absolute Gasteiger partial charge is 0.497 e. The average molecular weight is 393 g/mol. The van der Waals surface area contributed by atoms with Crippen LogP contribution in [-0.4, -0.2) is 76.7 Å². The van der Waals surface area contributed by atoms with Crippen LogP contribution in [0.3, 0.4) is 0 Å². The lowest BCUT2D eigenvalue weighted by atomic mass is 9.90. The van der Waals surface area contributed by atoms with E-state index in [-0.39, 0.29) is 11.4 Å². The van der Waals surface area contributed by atoms with Crippen LogP contribution in [0.5, 0.6) is 5.75 Å². The SMILES string of the molecule is COC(=O)[C@H]1CC2(CN1Cc1ccc(OC)cc1)OCC1(COCOC1)CO2. The van der Waals surface area contributed by atoms with Gasteiger partial charge in [0.15, 0.2) is 5.79 Å². The van der Waals surface area contributed by atoms with Gasteiger partial charge in [-0.2, -0.15) is 0 Å². The molecule has 2 spiro atoms. The van der Waals surface area contributed by atoms with E-state index in [1.165, 1.54) is 7.11 Å². The molecule has 3 heterocycles. The van der Waals surface area contributed by atoms with E-state index < -0.39 is 11.8 Å². The number of hydrogen-bond acceptors (Lipinski definition) is 8. The summed E-state index contributed by atoms with van der Waals surface area (Å²) in [5, 5.41) is 0. The van der Waals surface area contributed by atoms with E-state index in [0.717, 1.165) is 11.3 Å². The van der Waals surface area contributed by atoms with Crippen molar-refractivity contribution < 1.29 is 33.2 Å². The summed E-state index contributed by atoms with van der Waals surface area (Å²) in [6.07, 6.45) is 0.438.